The Morgan fingerprint density at radius 1 is 1.28 bits per heavy atom. The molecular formula is C11H20N2O5. The van der Waals surface area contributed by atoms with Gasteiger partial charge in [-0.1, -0.05) is 6.92 Å². The molecule has 0 spiro atoms. The summed E-state index contributed by atoms with van der Waals surface area (Å²) in [5.74, 6) is -1.51. The molecule has 0 saturated heterocycles. The highest BCUT2D eigenvalue weighted by Gasteiger charge is 2.32. The van der Waals surface area contributed by atoms with Gasteiger partial charge in [0.15, 0.2) is 0 Å². The third-order valence-corrected chi connectivity index (χ3v) is 2.49. The Balaban J connectivity index is 4.04. The van der Waals surface area contributed by atoms with Gasteiger partial charge < -0.3 is 20.5 Å². The Hall–Kier alpha value is -1.79. The number of carbonyl (C=O) groups excluding carboxylic acids is 2. The number of urea groups is 1. The second kappa shape index (κ2) is 7.52. The van der Waals surface area contributed by atoms with Crippen LogP contribution in [0.3, 0.4) is 0 Å². The molecule has 0 aromatic carbocycles. The van der Waals surface area contributed by atoms with Crippen LogP contribution in [0.2, 0.25) is 0 Å². The van der Waals surface area contributed by atoms with Crippen molar-refractivity contribution in [2.24, 2.45) is 0 Å². The standard InChI is InChI=1S/C11H20N2O5/c1-4-11(3,9(15)16)13-10(17)12-7-6-8(14)18-5-2/h4-7H2,1-3H3,(H,15,16)(H2,12,13,17). The van der Waals surface area contributed by atoms with Gasteiger partial charge in [0.25, 0.3) is 0 Å². The molecule has 0 bridgehead atoms. The highest BCUT2D eigenvalue weighted by molar-refractivity contribution is 5.85. The average Bonchev–Trinajstić information content (AvgIpc) is 2.28. The first-order chi connectivity index (χ1) is 8.35. The van der Waals surface area contributed by atoms with E-state index in [1.165, 1.54) is 6.92 Å². The fraction of sp³-hybridized carbons (Fsp3) is 0.727. The van der Waals surface area contributed by atoms with Crippen molar-refractivity contribution in [2.45, 2.75) is 39.2 Å². The van der Waals surface area contributed by atoms with E-state index in [0.29, 0.717) is 0 Å². The van der Waals surface area contributed by atoms with Gasteiger partial charge in [-0.25, -0.2) is 9.59 Å². The van der Waals surface area contributed by atoms with Gasteiger partial charge >= 0.3 is 18.0 Å². The molecule has 3 N–H and O–H groups in total. The first kappa shape index (κ1) is 16.2. The monoisotopic (exact) mass is 260 g/mol. The summed E-state index contributed by atoms with van der Waals surface area (Å²) in [6, 6.07) is -0.619. The topological polar surface area (TPSA) is 105 Å². The maximum atomic E-state index is 11.4. The molecule has 0 saturated carbocycles. The Morgan fingerprint density at radius 2 is 1.89 bits per heavy atom. The molecule has 0 aliphatic carbocycles. The van der Waals surface area contributed by atoms with E-state index in [4.69, 9.17) is 5.11 Å². The van der Waals surface area contributed by atoms with Crippen molar-refractivity contribution in [3.8, 4) is 0 Å². The lowest BCUT2D eigenvalue weighted by Crippen LogP contribution is -2.55. The highest BCUT2D eigenvalue weighted by atomic mass is 16.5. The number of hydrogen-bond acceptors (Lipinski definition) is 4. The van der Waals surface area contributed by atoms with Crippen molar-refractivity contribution in [1.29, 1.82) is 0 Å². The summed E-state index contributed by atoms with van der Waals surface area (Å²) in [5.41, 5.74) is -1.31. The van der Waals surface area contributed by atoms with Gasteiger partial charge in [0.05, 0.1) is 13.0 Å². The largest absolute Gasteiger partial charge is 0.480 e. The second-order valence-corrected chi connectivity index (χ2v) is 3.93. The van der Waals surface area contributed by atoms with Crippen molar-refractivity contribution in [2.75, 3.05) is 13.2 Å². The molecule has 7 heteroatoms. The van der Waals surface area contributed by atoms with E-state index in [2.05, 4.69) is 15.4 Å². The lowest BCUT2D eigenvalue weighted by molar-refractivity contribution is -0.144. The zero-order valence-electron chi connectivity index (χ0n) is 10.9. The van der Waals surface area contributed by atoms with E-state index in [1.54, 1.807) is 13.8 Å². The Bertz CT molecular complexity index is 319. The number of ether oxygens (including phenoxy) is 1. The Morgan fingerprint density at radius 3 is 2.33 bits per heavy atom. The minimum atomic E-state index is -1.31. The molecule has 0 aromatic rings. The first-order valence-electron chi connectivity index (χ1n) is 5.80. The van der Waals surface area contributed by atoms with Gasteiger partial charge in [0.1, 0.15) is 5.54 Å². The van der Waals surface area contributed by atoms with Crippen molar-refractivity contribution in [3.63, 3.8) is 0 Å². The molecule has 0 aliphatic rings. The minimum absolute atomic E-state index is 0.0527. The molecule has 18 heavy (non-hydrogen) atoms. The Kier molecular flexibility index (Phi) is 6.77. The van der Waals surface area contributed by atoms with Gasteiger partial charge in [0.2, 0.25) is 0 Å². The predicted octanol–water partition coefficient (Wildman–Crippen LogP) is 0.492. The maximum Gasteiger partial charge on any atom is 0.329 e. The van der Waals surface area contributed by atoms with Crippen molar-refractivity contribution in [1.82, 2.24) is 10.6 Å². The fourth-order valence-electron chi connectivity index (χ4n) is 1.10. The molecule has 1 unspecified atom stereocenters. The third kappa shape index (κ3) is 5.51. The van der Waals surface area contributed by atoms with E-state index in [-0.39, 0.29) is 26.0 Å². The van der Waals surface area contributed by atoms with Crippen LogP contribution in [0.25, 0.3) is 0 Å². The number of aliphatic carboxylic acids is 1. The number of rotatable bonds is 7. The summed E-state index contributed by atoms with van der Waals surface area (Å²) < 4.78 is 4.68. The fourth-order valence-corrected chi connectivity index (χ4v) is 1.10. The quantitative estimate of drug-likeness (QED) is 0.578. The van der Waals surface area contributed by atoms with Crippen LogP contribution in [-0.4, -0.2) is 41.8 Å². The number of hydrogen-bond donors (Lipinski definition) is 3. The zero-order valence-corrected chi connectivity index (χ0v) is 10.9. The summed E-state index contributed by atoms with van der Waals surface area (Å²) in [6.07, 6.45) is 0.310. The van der Waals surface area contributed by atoms with Crippen LogP contribution in [0.15, 0.2) is 0 Å². The average molecular weight is 260 g/mol. The number of carbonyl (C=O) groups is 3. The van der Waals surface area contributed by atoms with Crippen LogP contribution in [-0.2, 0) is 14.3 Å². The maximum absolute atomic E-state index is 11.4. The van der Waals surface area contributed by atoms with Crippen LogP contribution in [0.1, 0.15) is 33.6 Å². The van der Waals surface area contributed by atoms with Crippen LogP contribution in [0, 0.1) is 0 Å². The van der Waals surface area contributed by atoms with E-state index in [1.807, 2.05) is 0 Å². The van der Waals surface area contributed by atoms with Crippen LogP contribution >= 0.6 is 0 Å². The lowest BCUT2D eigenvalue weighted by atomic mass is 10.00. The number of amides is 2. The molecular weight excluding hydrogens is 240 g/mol. The highest BCUT2D eigenvalue weighted by Crippen LogP contribution is 2.08. The van der Waals surface area contributed by atoms with Crippen LogP contribution in [0.5, 0.6) is 0 Å². The first-order valence-corrected chi connectivity index (χ1v) is 5.80. The minimum Gasteiger partial charge on any atom is -0.480 e. The van der Waals surface area contributed by atoms with Gasteiger partial charge in [-0.05, 0) is 20.3 Å². The number of nitrogens with one attached hydrogen (secondary N) is 2. The molecule has 0 heterocycles. The SMILES string of the molecule is CCOC(=O)CCNC(=O)NC(C)(CC)C(=O)O. The zero-order chi connectivity index (χ0) is 14.2. The van der Waals surface area contributed by atoms with Crippen molar-refractivity contribution in [3.05, 3.63) is 0 Å². The summed E-state index contributed by atoms with van der Waals surface area (Å²) in [6.45, 7) is 5.16. The Labute approximate surface area is 106 Å². The third-order valence-electron chi connectivity index (χ3n) is 2.49. The molecule has 0 fully saturated rings. The predicted molar refractivity (Wildman–Crippen MR) is 64.1 cm³/mol. The lowest BCUT2D eigenvalue weighted by Gasteiger charge is -2.24. The summed E-state index contributed by atoms with van der Waals surface area (Å²) in [5, 5.41) is 13.7. The van der Waals surface area contributed by atoms with E-state index in [0.717, 1.165) is 0 Å². The summed E-state index contributed by atoms with van der Waals surface area (Å²) >= 11 is 0. The molecule has 0 radical (unpaired) electrons. The second-order valence-electron chi connectivity index (χ2n) is 3.93. The smallest absolute Gasteiger partial charge is 0.329 e. The van der Waals surface area contributed by atoms with E-state index < -0.39 is 23.5 Å². The molecule has 0 rings (SSSR count). The van der Waals surface area contributed by atoms with Gasteiger partial charge in [-0.3, -0.25) is 4.79 Å². The molecule has 7 nitrogen and oxygen atoms in total. The van der Waals surface area contributed by atoms with E-state index >= 15 is 0 Å². The normalized spacial score (nSPS) is 13.3. The van der Waals surface area contributed by atoms with Crippen LogP contribution < -0.4 is 10.6 Å². The summed E-state index contributed by atoms with van der Waals surface area (Å²) in [4.78, 5) is 33.3. The molecule has 0 aliphatic heterocycles. The molecule has 104 valence electrons. The van der Waals surface area contributed by atoms with Gasteiger partial charge in [-0.15, -0.1) is 0 Å². The number of esters is 1. The number of carboxylic acids is 1. The summed E-state index contributed by atoms with van der Waals surface area (Å²) in [7, 11) is 0. The number of carboxylic acid groups (broad SMARTS) is 1. The van der Waals surface area contributed by atoms with Gasteiger partial charge in [0, 0.05) is 6.54 Å². The molecule has 1 atom stereocenters. The van der Waals surface area contributed by atoms with Crippen LogP contribution in [0.4, 0.5) is 4.79 Å². The van der Waals surface area contributed by atoms with Gasteiger partial charge in [-0.2, -0.15) is 0 Å². The molecule has 0 aromatic heterocycles. The van der Waals surface area contributed by atoms with Crippen molar-refractivity contribution >= 4 is 18.0 Å². The molecule has 2 amide bonds. The van der Waals surface area contributed by atoms with Crippen molar-refractivity contribution < 1.29 is 24.2 Å². The van der Waals surface area contributed by atoms with E-state index in [9.17, 15) is 14.4 Å².